The Labute approximate surface area is 129 Å². The van der Waals surface area contributed by atoms with Crippen LogP contribution in [0.5, 0.6) is 0 Å². The standard InChI is InChI=1S/C17H17ClN2O/c18-14-7-4-8-15(11-14)19-17(21)20(16-9-10-16)12-13-5-2-1-3-6-13/h1-8,11,16H,9-10,12H2,(H,19,21). The maximum atomic E-state index is 12.5. The molecule has 0 radical (unpaired) electrons. The van der Waals surface area contributed by atoms with E-state index < -0.39 is 0 Å². The van der Waals surface area contributed by atoms with Crippen molar-refractivity contribution in [3.8, 4) is 0 Å². The Balaban J connectivity index is 1.70. The fourth-order valence-electron chi connectivity index (χ4n) is 2.29. The van der Waals surface area contributed by atoms with Gasteiger partial charge in [-0.05, 0) is 36.6 Å². The molecule has 0 bridgehead atoms. The number of rotatable bonds is 4. The largest absolute Gasteiger partial charge is 0.322 e. The minimum absolute atomic E-state index is 0.0661. The number of nitrogens with one attached hydrogen (secondary N) is 1. The highest BCUT2D eigenvalue weighted by Crippen LogP contribution is 2.29. The minimum Gasteiger partial charge on any atom is -0.317 e. The van der Waals surface area contributed by atoms with Crippen LogP contribution in [0.1, 0.15) is 18.4 Å². The third-order valence-corrected chi connectivity index (χ3v) is 3.76. The monoisotopic (exact) mass is 300 g/mol. The molecule has 0 atom stereocenters. The fraction of sp³-hybridized carbons (Fsp3) is 0.235. The Bertz CT molecular complexity index is 626. The van der Waals surface area contributed by atoms with E-state index >= 15 is 0 Å². The van der Waals surface area contributed by atoms with Crippen molar-refractivity contribution in [2.75, 3.05) is 5.32 Å². The molecule has 1 fully saturated rings. The van der Waals surface area contributed by atoms with Crippen LogP contribution >= 0.6 is 11.6 Å². The molecule has 3 nitrogen and oxygen atoms in total. The summed E-state index contributed by atoms with van der Waals surface area (Å²) in [4.78, 5) is 14.4. The number of carbonyl (C=O) groups excluding carboxylic acids is 1. The topological polar surface area (TPSA) is 32.3 Å². The molecule has 0 unspecified atom stereocenters. The number of nitrogens with zero attached hydrogens (tertiary/aromatic N) is 1. The zero-order valence-corrected chi connectivity index (χ0v) is 12.4. The van der Waals surface area contributed by atoms with Gasteiger partial charge >= 0.3 is 6.03 Å². The molecule has 1 aliphatic rings. The first-order valence-electron chi connectivity index (χ1n) is 7.09. The van der Waals surface area contributed by atoms with E-state index in [0.29, 0.717) is 17.6 Å². The van der Waals surface area contributed by atoms with E-state index in [1.54, 1.807) is 12.1 Å². The zero-order valence-electron chi connectivity index (χ0n) is 11.6. The predicted molar refractivity (Wildman–Crippen MR) is 85.5 cm³/mol. The second-order valence-corrected chi connectivity index (χ2v) is 5.72. The van der Waals surface area contributed by atoms with E-state index in [1.807, 2.05) is 47.4 Å². The summed E-state index contributed by atoms with van der Waals surface area (Å²) in [5, 5.41) is 3.55. The average molecular weight is 301 g/mol. The summed E-state index contributed by atoms with van der Waals surface area (Å²) < 4.78 is 0. The maximum absolute atomic E-state index is 12.5. The van der Waals surface area contributed by atoms with Crippen LogP contribution in [0.15, 0.2) is 54.6 Å². The molecule has 2 aromatic rings. The zero-order chi connectivity index (χ0) is 14.7. The molecule has 1 N–H and O–H groups in total. The highest BCUT2D eigenvalue weighted by molar-refractivity contribution is 6.30. The number of carbonyl (C=O) groups is 1. The molecule has 1 aliphatic carbocycles. The van der Waals surface area contributed by atoms with Gasteiger partial charge in [0.05, 0.1) is 0 Å². The second-order valence-electron chi connectivity index (χ2n) is 5.29. The number of urea groups is 1. The molecular weight excluding hydrogens is 284 g/mol. The third kappa shape index (κ3) is 3.76. The van der Waals surface area contributed by atoms with Crippen LogP contribution in [-0.2, 0) is 6.54 Å². The Morgan fingerprint density at radius 2 is 1.90 bits per heavy atom. The van der Waals surface area contributed by atoms with Crippen molar-refractivity contribution in [1.82, 2.24) is 4.90 Å². The quantitative estimate of drug-likeness (QED) is 0.883. The lowest BCUT2D eigenvalue weighted by molar-refractivity contribution is 0.206. The van der Waals surface area contributed by atoms with Crippen LogP contribution in [0.2, 0.25) is 5.02 Å². The first-order valence-corrected chi connectivity index (χ1v) is 7.47. The number of amides is 2. The Hall–Kier alpha value is -2.00. The molecule has 0 spiro atoms. The molecule has 2 amide bonds. The van der Waals surface area contributed by atoms with E-state index in [-0.39, 0.29) is 6.03 Å². The summed E-state index contributed by atoms with van der Waals surface area (Å²) in [6.45, 7) is 0.637. The third-order valence-electron chi connectivity index (χ3n) is 3.52. The van der Waals surface area contributed by atoms with Gasteiger partial charge < -0.3 is 10.2 Å². The van der Waals surface area contributed by atoms with Gasteiger partial charge in [0.15, 0.2) is 0 Å². The number of benzene rings is 2. The lowest BCUT2D eigenvalue weighted by Crippen LogP contribution is -2.36. The second kappa shape index (κ2) is 6.19. The molecule has 4 heteroatoms. The van der Waals surface area contributed by atoms with Gasteiger partial charge in [-0.25, -0.2) is 4.79 Å². The molecule has 2 aromatic carbocycles. The average Bonchev–Trinajstić information content (AvgIpc) is 3.30. The molecule has 21 heavy (non-hydrogen) atoms. The summed E-state index contributed by atoms with van der Waals surface area (Å²) in [6, 6.07) is 17.6. The van der Waals surface area contributed by atoms with E-state index in [4.69, 9.17) is 11.6 Å². The van der Waals surface area contributed by atoms with E-state index in [0.717, 1.165) is 24.1 Å². The van der Waals surface area contributed by atoms with Crippen LogP contribution in [0, 0.1) is 0 Å². The summed E-state index contributed by atoms with van der Waals surface area (Å²) in [5.74, 6) is 0. The molecule has 0 aromatic heterocycles. The summed E-state index contributed by atoms with van der Waals surface area (Å²) in [5.41, 5.74) is 1.87. The van der Waals surface area contributed by atoms with Gasteiger partial charge in [0, 0.05) is 23.3 Å². The summed E-state index contributed by atoms with van der Waals surface area (Å²) in [6.07, 6.45) is 2.16. The van der Waals surface area contributed by atoms with Crippen molar-refractivity contribution in [3.05, 3.63) is 65.2 Å². The molecule has 0 aliphatic heterocycles. The molecular formula is C17H17ClN2O. The lowest BCUT2D eigenvalue weighted by atomic mass is 10.2. The molecule has 0 heterocycles. The van der Waals surface area contributed by atoms with Crippen molar-refractivity contribution in [2.24, 2.45) is 0 Å². The number of halogens is 1. The smallest absolute Gasteiger partial charge is 0.317 e. The van der Waals surface area contributed by atoms with Gasteiger partial charge in [0.25, 0.3) is 0 Å². The number of hydrogen-bond donors (Lipinski definition) is 1. The highest BCUT2D eigenvalue weighted by atomic mass is 35.5. The minimum atomic E-state index is -0.0661. The summed E-state index contributed by atoms with van der Waals surface area (Å²) >= 11 is 5.95. The number of anilines is 1. The lowest BCUT2D eigenvalue weighted by Gasteiger charge is -2.23. The Morgan fingerprint density at radius 3 is 2.57 bits per heavy atom. The predicted octanol–water partition coefficient (Wildman–Crippen LogP) is 4.54. The molecule has 108 valence electrons. The van der Waals surface area contributed by atoms with E-state index in [1.165, 1.54) is 0 Å². The number of hydrogen-bond acceptors (Lipinski definition) is 1. The van der Waals surface area contributed by atoms with Crippen molar-refractivity contribution >= 4 is 23.3 Å². The van der Waals surface area contributed by atoms with Crippen molar-refractivity contribution in [1.29, 1.82) is 0 Å². The SMILES string of the molecule is O=C(Nc1cccc(Cl)c1)N(Cc1ccccc1)C1CC1. The van der Waals surface area contributed by atoms with Crippen LogP contribution in [0.3, 0.4) is 0 Å². The van der Waals surface area contributed by atoms with Gasteiger partial charge in [-0.3, -0.25) is 0 Å². The molecule has 1 saturated carbocycles. The van der Waals surface area contributed by atoms with Gasteiger partial charge in [-0.1, -0.05) is 48.0 Å². The van der Waals surface area contributed by atoms with Gasteiger partial charge in [-0.2, -0.15) is 0 Å². The fourth-order valence-corrected chi connectivity index (χ4v) is 2.48. The Morgan fingerprint density at radius 1 is 1.14 bits per heavy atom. The first-order chi connectivity index (χ1) is 10.2. The van der Waals surface area contributed by atoms with Gasteiger partial charge in [0.1, 0.15) is 0 Å². The van der Waals surface area contributed by atoms with Crippen LogP contribution in [0.25, 0.3) is 0 Å². The van der Waals surface area contributed by atoms with Crippen molar-refractivity contribution < 1.29 is 4.79 Å². The van der Waals surface area contributed by atoms with Gasteiger partial charge in [0.2, 0.25) is 0 Å². The van der Waals surface area contributed by atoms with Crippen LogP contribution in [-0.4, -0.2) is 17.0 Å². The Kier molecular flexibility index (Phi) is 4.11. The van der Waals surface area contributed by atoms with E-state index in [9.17, 15) is 4.79 Å². The van der Waals surface area contributed by atoms with Crippen molar-refractivity contribution in [3.63, 3.8) is 0 Å². The maximum Gasteiger partial charge on any atom is 0.322 e. The van der Waals surface area contributed by atoms with Crippen LogP contribution in [0.4, 0.5) is 10.5 Å². The molecule has 3 rings (SSSR count). The molecule has 0 saturated heterocycles. The van der Waals surface area contributed by atoms with Gasteiger partial charge in [-0.15, -0.1) is 0 Å². The van der Waals surface area contributed by atoms with E-state index in [2.05, 4.69) is 5.32 Å². The summed E-state index contributed by atoms with van der Waals surface area (Å²) in [7, 11) is 0. The van der Waals surface area contributed by atoms with Crippen LogP contribution < -0.4 is 5.32 Å². The highest BCUT2D eigenvalue weighted by Gasteiger charge is 2.32. The first kappa shape index (κ1) is 14.0. The normalized spacial score (nSPS) is 13.8. The van der Waals surface area contributed by atoms with Crippen molar-refractivity contribution in [2.45, 2.75) is 25.4 Å².